The lowest BCUT2D eigenvalue weighted by Crippen LogP contribution is -2.05. The number of carbonyl (C=O) groups is 1. The van der Waals surface area contributed by atoms with Gasteiger partial charge in [0.2, 0.25) is 0 Å². The topological polar surface area (TPSA) is 121 Å². The Morgan fingerprint density at radius 1 is 1.43 bits per heavy atom. The summed E-state index contributed by atoms with van der Waals surface area (Å²) in [6, 6.07) is 5.16. The average molecular weight is 290 g/mol. The van der Waals surface area contributed by atoms with Crippen LogP contribution in [0, 0.1) is 17.0 Å². The van der Waals surface area contributed by atoms with Crippen LogP contribution in [0.2, 0.25) is 0 Å². The van der Waals surface area contributed by atoms with Crippen molar-refractivity contribution in [3.63, 3.8) is 0 Å². The van der Waals surface area contributed by atoms with Gasteiger partial charge in [0.05, 0.1) is 10.5 Å². The van der Waals surface area contributed by atoms with Crippen molar-refractivity contribution in [1.82, 2.24) is 10.3 Å². The third-order valence-electron chi connectivity index (χ3n) is 2.55. The maximum Gasteiger partial charge on any atom is 0.365 e. The van der Waals surface area contributed by atoms with Crippen LogP contribution in [-0.4, -0.2) is 26.9 Å². The highest BCUT2D eigenvalue weighted by atomic mass is 16.7. The van der Waals surface area contributed by atoms with Crippen LogP contribution in [0.4, 0.5) is 5.69 Å². The second-order valence-corrected chi connectivity index (χ2v) is 4.06. The highest BCUT2D eigenvalue weighted by Gasteiger charge is 2.14. The van der Waals surface area contributed by atoms with Crippen molar-refractivity contribution >= 4 is 17.4 Å². The zero-order valence-electron chi connectivity index (χ0n) is 11.1. The highest BCUT2D eigenvalue weighted by molar-refractivity contribution is 5.98. The molecule has 2 aromatic rings. The second kappa shape index (κ2) is 5.90. The zero-order valence-corrected chi connectivity index (χ0v) is 11.1. The highest BCUT2D eigenvalue weighted by Crippen LogP contribution is 2.14. The predicted octanol–water partition coefficient (Wildman–Crippen LogP) is 1.87. The molecule has 1 aromatic heterocycles. The maximum absolute atomic E-state index is 11.8. The van der Waals surface area contributed by atoms with Crippen LogP contribution in [0.3, 0.4) is 0 Å². The predicted molar refractivity (Wildman–Crippen MR) is 69.8 cm³/mol. The van der Waals surface area contributed by atoms with Crippen molar-refractivity contribution in [3.8, 4) is 0 Å². The van der Waals surface area contributed by atoms with Crippen molar-refractivity contribution in [2.45, 2.75) is 13.8 Å². The molecule has 0 bridgehead atoms. The minimum atomic E-state index is -0.813. The number of nitro benzene ring substituents is 1. The van der Waals surface area contributed by atoms with Gasteiger partial charge in [0.15, 0.2) is 5.69 Å². The molecule has 0 spiro atoms. The summed E-state index contributed by atoms with van der Waals surface area (Å²) < 4.78 is 4.50. The number of nitro groups is 1. The lowest BCUT2D eigenvalue weighted by atomic mass is 10.2. The van der Waals surface area contributed by atoms with Crippen LogP contribution in [-0.2, 0) is 4.84 Å². The molecule has 0 aliphatic carbocycles. The molecule has 9 heteroatoms. The molecule has 1 heterocycles. The Balaban J connectivity index is 2.13. The summed E-state index contributed by atoms with van der Waals surface area (Å²) >= 11 is 0. The Hall–Kier alpha value is -3.10. The number of rotatable bonds is 4. The molecule has 0 saturated heterocycles. The minimum absolute atomic E-state index is 0.0238. The Kier molecular flexibility index (Phi) is 4.02. The van der Waals surface area contributed by atoms with E-state index in [-0.39, 0.29) is 11.3 Å². The fourth-order valence-electron chi connectivity index (χ4n) is 1.51. The van der Waals surface area contributed by atoms with Gasteiger partial charge in [-0.1, -0.05) is 16.4 Å². The molecular weight excluding hydrogens is 280 g/mol. The van der Waals surface area contributed by atoms with Gasteiger partial charge in [-0.2, -0.15) is 0 Å². The van der Waals surface area contributed by atoms with Gasteiger partial charge in [0.25, 0.3) is 5.69 Å². The van der Waals surface area contributed by atoms with E-state index in [4.69, 9.17) is 4.84 Å². The van der Waals surface area contributed by atoms with E-state index in [1.54, 1.807) is 13.8 Å². The fraction of sp³-hybridized carbons (Fsp3) is 0.167. The molecule has 0 radical (unpaired) electrons. The zero-order chi connectivity index (χ0) is 15.4. The van der Waals surface area contributed by atoms with Crippen molar-refractivity contribution in [2.75, 3.05) is 0 Å². The van der Waals surface area contributed by atoms with Crippen molar-refractivity contribution in [2.24, 2.45) is 5.16 Å². The van der Waals surface area contributed by atoms with E-state index < -0.39 is 10.9 Å². The van der Waals surface area contributed by atoms with Gasteiger partial charge in [-0.25, -0.2) is 9.42 Å². The molecule has 0 saturated carbocycles. The van der Waals surface area contributed by atoms with E-state index in [0.29, 0.717) is 17.1 Å². The molecule has 0 fully saturated rings. The smallest absolute Gasteiger partial charge is 0.312 e. The molecule has 21 heavy (non-hydrogen) atoms. The molecule has 0 atom stereocenters. The summed E-state index contributed by atoms with van der Waals surface area (Å²) in [7, 11) is 0. The Morgan fingerprint density at radius 2 is 2.19 bits per heavy atom. The second-order valence-electron chi connectivity index (χ2n) is 4.06. The number of aromatic nitrogens is 2. The van der Waals surface area contributed by atoms with Gasteiger partial charge in [-0.3, -0.25) is 10.1 Å². The van der Waals surface area contributed by atoms with Gasteiger partial charge in [0, 0.05) is 12.1 Å². The number of oxime groups is 1. The summed E-state index contributed by atoms with van der Waals surface area (Å²) in [5.74, 6) is -0.813. The van der Waals surface area contributed by atoms with E-state index in [9.17, 15) is 14.9 Å². The molecule has 9 nitrogen and oxygen atoms in total. The van der Waals surface area contributed by atoms with Crippen LogP contribution in [0.1, 0.15) is 28.7 Å². The van der Waals surface area contributed by atoms with E-state index in [0.717, 1.165) is 6.07 Å². The van der Waals surface area contributed by atoms with Crippen molar-refractivity contribution in [3.05, 3.63) is 51.3 Å². The van der Waals surface area contributed by atoms with Crippen molar-refractivity contribution < 1.29 is 19.2 Å². The Labute approximate surface area is 118 Å². The fourth-order valence-corrected chi connectivity index (χ4v) is 1.51. The van der Waals surface area contributed by atoms with E-state index in [1.165, 1.54) is 18.2 Å². The van der Waals surface area contributed by atoms with Gasteiger partial charge in [-0.05, 0) is 25.1 Å². The normalized spacial score (nSPS) is 11.2. The number of benzene rings is 1. The maximum atomic E-state index is 11.8. The number of hydrogen-bond acceptors (Lipinski definition) is 8. The summed E-state index contributed by atoms with van der Waals surface area (Å²) in [5.41, 5.74) is 0.981. The number of carbonyl (C=O) groups excluding carboxylic acids is 1. The van der Waals surface area contributed by atoms with E-state index in [2.05, 4.69) is 20.1 Å². The van der Waals surface area contributed by atoms with Crippen LogP contribution in [0.5, 0.6) is 0 Å². The van der Waals surface area contributed by atoms with E-state index >= 15 is 0 Å². The van der Waals surface area contributed by atoms with Crippen molar-refractivity contribution in [1.29, 1.82) is 0 Å². The molecule has 0 unspecified atom stereocenters. The van der Waals surface area contributed by atoms with E-state index in [1.807, 2.05) is 0 Å². The van der Waals surface area contributed by atoms with Crippen LogP contribution < -0.4 is 0 Å². The van der Waals surface area contributed by atoms with Crippen LogP contribution >= 0.6 is 0 Å². The summed E-state index contributed by atoms with van der Waals surface area (Å²) in [6.07, 6.45) is 0. The third kappa shape index (κ3) is 3.26. The Bertz CT molecular complexity index is 722. The SMILES string of the molecule is C/C(=N/OC(=O)c1cccc([N+](=O)[O-])c1)c1nonc1C. The number of nitrogens with zero attached hydrogens (tertiary/aromatic N) is 4. The van der Waals surface area contributed by atoms with Gasteiger partial charge in [-0.15, -0.1) is 0 Å². The summed E-state index contributed by atoms with van der Waals surface area (Å²) in [4.78, 5) is 26.5. The summed E-state index contributed by atoms with van der Waals surface area (Å²) in [5, 5.41) is 21.4. The third-order valence-corrected chi connectivity index (χ3v) is 2.55. The molecule has 0 amide bonds. The molecule has 0 N–H and O–H groups in total. The van der Waals surface area contributed by atoms with Crippen LogP contribution in [0.15, 0.2) is 34.1 Å². The first-order chi connectivity index (χ1) is 9.99. The first-order valence-electron chi connectivity index (χ1n) is 5.79. The minimum Gasteiger partial charge on any atom is -0.312 e. The first kappa shape index (κ1) is 14.3. The lowest BCUT2D eigenvalue weighted by Gasteiger charge is -1.99. The molecule has 0 aliphatic rings. The quantitative estimate of drug-likeness (QED) is 0.364. The molecule has 2 rings (SSSR count). The standard InChI is InChI=1S/C12H10N4O5/c1-7(11-8(2)14-21-15-11)13-20-12(17)9-4-3-5-10(6-9)16(18)19/h3-6H,1-2H3/b13-7-. The Morgan fingerprint density at radius 3 is 2.81 bits per heavy atom. The molecule has 0 aliphatic heterocycles. The number of hydrogen-bond donors (Lipinski definition) is 0. The monoisotopic (exact) mass is 290 g/mol. The summed E-state index contributed by atoms with van der Waals surface area (Å²) in [6.45, 7) is 3.22. The average Bonchev–Trinajstić information content (AvgIpc) is 2.90. The van der Waals surface area contributed by atoms with Gasteiger partial charge < -0.3 is 4.84 Å². The van der Waals surface area contributed by atoms with Gasteiger partial charge in [0.1, 0.15) is 11.4 Å². The largest absolute Gasteiger partial charge is 0.365 e. The first-order valence-corrected chi connectivity index (χ1v) is 5.79. The molecular formula is C12H10N4O5. The number of non-ortho nitro benzene ring substituents is 1. The lowest BCUT2D eigenvalue weighted by molar-refractivity contribution is -0.384. The van der Waals surface area contributed by atoms with Gasteiger partial charge >= 0.3 is 5.97 Å². The molecule has 108 valence electrons. The number of aryl methyl sites for hydroxylation is 1. The molecule has 1 aromatic carbocycles. The van der Waals surface area contributed by atoms with Crippen LogP contribution in [0.25, 0.3) is 0 Å².